The SMILES string of the molecule is CNC(C)CC(C)=Cc1cccnc1. The summed E-state index contributed by atoms with van der Waals surface area (Å²) < 4.78 is 0. The van der Waals surface area contributed by atoms with Gasteiger partial charge in [0.05, 0.1) is 0 Å². The molecule has 0 aromatic carbocycles. The summed E-state index contributed by atoms with van der Waals surface area (Å²) in [4.78, 5) is 4.08. The van der Waals surface area contributed by atoms with Gasteiger partial charge in [-0.15, -0.1) is 0 Å². The Balaban J connectivity index is 2.60. The molecule has 14 heavy (non-hydrogen) atoms. The van der Waals surface area contributed by atoms with Gasteiger partial charge in [-0.1, -0.05) is 17.7 Å². The van der Waals surface area contributed by atoms with Crippen LogP contribution in [0.5, 0.6) is 0 Å². The molecule has 1 N–H and O–H groups in total. The second kappa shape index (κ2) is 5.55. The van der Waals surface area contributed by atoms with Crippen molar-refractivity contribution in [3.05, 3.63) is 35.7 Å². The third kappa shape index (κ3) is 3.71. The zero-order valence-corrected chi connectivity index (χ0v) is 9.12. The van der Waals surface area contributed by atoms with Gasteiger partial charge in [0.2, 0.25) is 0 Å². The number of hydrogen-bond acceptors (Lipinski definition) is 2. The van der Waals surface area contributed by atoms with E-state index in [4.69, 9.17) is 0 Å². The molecule has 1 aromatic heterocycles. The summed E-state index contributed by atoms with van der Waals surface area (Å²) in [6.07, 6.45) is 6.93. The Morgan fingerprint density at radius 1 is 1.64 bits per heavy atom. The van der Waals surface area contributed by atoms with Gasteiger partial charge in [0.15, 0.2) is 0 Å². The molecule has 0 saturated carbocycles. The molecule has 0 aliphatic heterocycles. The van der Waals surface area contributed by atoms with Crippen LogP contribution in [-0.2, 0) is 0 Å². The van der Waals surface area contributed by atoms with Crippen LogP contribution in [0.4, 0.5) is 0 Å². The third-order valence-corrected chi connectivity index (χ3v) is 2.22. The monoisotopic (exact) mass is 190 g/mol. The molecule has 0 amide bonds. The number of hydrogen-bond donors (Lipinski definition) is 1. The Morgan fingerprint density at radius 3 is 3.00 bits per heavy atom. The first-order chi connectivity index (χ1) is 6.72. The maximum Gasteiger partial charge on any atom is 0.0340 e. The second-order valence-corrected chi connectivity index (χ2v) is 3.67. The second-order valence-electron chi connectivity index (χ2n) is 3.67. The number of aromatic nitrogens is 1. The van der Waals surface area contributed by atoms with E-state index in [1.165, 1.54) is 11.1 Å². The first kappa shape index (κ1) is 10.9. The molecule has 0 spiro atoms. The standard InChI is InChI=1S/C12H18N2/c1-10(7-11(2)13-3)8-12-5-4-6-14-9-12/h4-6,8-9,11,13H,7H2,1-3H3. The molecule has 0 bridgehead atoms. The van der Waals surface area contributed by atoms with Gasteiger partial charge in [-0.05, 0) is 38.9 Å². The van der Waals surface area contributed by atoms with E-state index < -0.39 is 0 Å². The molecule has 1 rings (SSSR count). The van der Waals surface area contributed by atoms with Crippen molar-refractivity contribution in [2.45, 2.75) is 26.3 Å². The summed E-state index contributed by atoms with van der Waals surface area (Å²) in [5.74, 6) is 0. The lowest BCUT2D eigenvalue weighted by Gasteiger charge is -2.09. The van der Waals surface area contributed by atoms with Crippen LogP contribution in [0.3, 0.4) is 0 Å². The van der Waals surface area contributed by atoms with E-state index in [1.807, 2.05) is 19.3 Å². The highest BCUT2D eigenvalue weighted by molar-refractivity contribution is 5.50. The normalized spacial score (nSPS) is 14.1. The van der Waals surface area contributed by atoms with Crippen molar-refractivity contribution in [2.75, 3.05) is 7.05 Å². The van der Waals surface area contributed by atoms with Gasteiger partial charge in [-0.3, -0.25) is 4.98 Å². The predicted molar refractivity (Wildman–Crippen MR) is 61.0 cm³/mol. The number of pyridine rings is 1. The van der Waals surface area contributed by atoms with Gasteiger partial charge in [-0.2, -0.15) is 0 Å². The fourth-order valence-corrected chi connectivity index (χ4v) is 1.39. The van der Waals surface area contributed by atoms with Crippen LogP contribution in [0.25, 0.3) is 6.08 Å². The fraction of sp³-hybridized carbons (Fsp3) is 0.417. The zero-order chi connectivity index (χ0) is 10.4. The van der Waals surface area contributed by atoms with E-state index >= 15 is 0 Å². The van der Waals surface area contributed by atoms with Crippen LogP contribution in [0.2, 0.25) is 0 Å². The highest BCUT2D eigenvalue weighted by Crippen LogP contribution is 2.09. The molecule has 2 heteroatoms. The summed E-state index contributed by atoms with van der Waals surface area (Å²) in [6, 6.07) is 4.56. The molecule has 1 atom stereocenters. The van der Waals surface area contributed by atoms with Crippen molar-refractivity contribution < 1.29 is 0 Å². The highest BCUT2D eigenvalue weighted by atomic mass is 14.8. The van der Waals surface area contributed by atoms with Gasteiger partial charge < -0.3 is 5.32 Å². The van der Waals surface area contributed by atoms with Crippen molar-refractivity contribution in [3.8, 4) is 0 Å². The summed E-state index contributed by atoms with van der Waals surface area (Å²) in [5.41, 5.74) is 2.55. The van der Waals surface area contributed by atoms with Gasteiger partial charge in [0.1, 0.15) is 0 Å². The fourth-order valence-electron chi connectivity index (χ4n) is 1.39. The molecule has 0 radical (unpaired) electrons. The first-order valence-electron chi connectivity index (χ1n) is 4.97. The lowest BCUT2D eigenvalue weighted by Crippen LogP contribution is -2.20. The molecule has 1 unspecified atom stereocenters. The maximum atomic E-state index is 4.08. The van der Waals surface area contributed by atoms with Crippen LogP contribution < -0.4 is 5.32 Å². The van der Waals surface area contributed by atoms with Crippen molar-refractivity contribution in [2.24, 2.45) is 0 Å². The molecular formula is C12H18N2. The van der Waals surface area contributed by atoms with Crippen molar-refractivity contribution in [1.82, 2.24) is 10.3 Å². The molecular weight excluding hydrogens is 172 g/mol. The van der Waals surface area contributed by atoms with Gasteiger partial charge in [0, 0.05) is 18.4 Å². The number of nitrogens with zero attached hydrogens (tertiary/aromatic N) is 1. The molecule has 76 valence electrons. The minimum atomic E-state index is 0.530. The van der Waals surface area contributed by atoms with E-state index in [9.17, 15) is 0 Å². The van der Waals surface area contributed by atoms with Crippen molar-refractivity contribution in [3.63, 3.8) is 0 Å². The van der Waals surface area contributed by atoms with Gasteiger partial charge in [-0.25, -0.2) is 0 Å². The van der Waals surface area contributed by atoms with Crippen LogP contribution in [0.1, 0.15) is 25.8 Å². The maximum absolute atomic E-state index is 4.08. The Labute approximate surface area is 86.1 Å². The predicted octanol–water partition coefficient (Wildman–Crippen LogP) is 2.48. The average Bonchev–Trinajstić information content (AvgIpc) is 2.19. The third-order valence-electron chi connectivity index (χ3n) is 2.22. The topological polar surface area (TPSA) is 24.9 Å². The smallest absolute Gasteiger partial charge is 0.0340 e. The van der Waals surface area contributed by atoms with E-state index in [2.05, 4.69) is 36.3 Å². The highest BCUT2D eigenvalue weighted by Gasteiger charge is 1.98. The van der Waals surface area contributed by atoms with Crippen LogP contribution in [-0.4, -0.2) is 18.1 Å². The van der Waals surface area contributed by atoms with E-state index in [0.29, 0.717) is 6.04 Å². The average molecular weight is 190 g/mol. The first-order valence-corrected chi connectivity index (χ1v) is 4.97. The molecule has 0 saturated heterocycles. The molecule has 0 aliphatic carbocycles. The zero-order valence-electron chi connectivity index (χ0n) is 9.12. The van der Waals surface area contributed by atoms with Crippen LogP contribution in [0.15, 0.2) is 30.1 Å². The lowest BCUT2D eigenvalue weighted by atomic mass is 10.1. The Kier molecular flexibility index (Phi) is 4.33. The van der Waals surface area contributed by atoms with Gasteiger partial charge in [0.25, 0.3) is 0 Å². The number of nitrogens with one attached hydrogen (secondary N) is 1. The minimum Gasteiger partial charge on any atom is -0.317 e. The van der Waals surface area contributed by atoms with Crippen LogP contribution in [0, 0.1) is 0 Å². The van der Waals surface area contributed by atoms with Gasteiger partial charge >= 0.3 is 0 Å². The lowest BCUT2D eigenvalue weighted by molar-refractivity contribution is 0.607. The molecule has 1 aromatic rings. The Bertz CT molecular complexity index is 290. The molecule has 0 fully saturated rings. The van der Waals surface area contributed by atoms with E-state index in [0.717, 1.165) is 6.42 Å². The quantitative estimate of drug-likeness (QED) is 0.789. The van der Waals surface area contributed by atoms with Crippen molar-refractivity contribution in [1.29, 1.82) is 0 Å². The molecule has 2 nitrogen and oxygen atoms in total. The van der Waals surface area contributed by atoms with Crippen LogP contribution >= 0.6 is 0 Å². The summed E-state index contributed by atoms with van der Waals surface area (Å²) >= 11 is 0. The van der Waals surface area contributed by atoms with Crippen molar-refractivity contribution >= 4 is 6.08 Å². The minimum absolute atomic E-state index is 0.530. The molecule has 1 heterocycles. The Hall–Kier alpha value is -1.15. The number of rotatable bonds is 4. The largest absolute Gasteiger partial charge is 0.317 e. The van der Waals surface area contributed by atoms with E-state index in [-0.39, 0.29) is 0 Å². The van der Waals surface area contributed by atoms with E-state index in [1.54, 1.807) is 6.20 Å². The Morgan fingerprint density at radius 2 is 2.43 bits per heavy atom. The summed E-state index contributed by atoms with van der Waals surface area (Å²) in [6.45, 7) is 4.33. The molecule has 0 aliphatic rings. The summed E-state index contributed by atoms with van der Waals surface area (Å²) in [7, 11) is 1.99. The summed E-state index contributed by atoms with van der Waals surface area (Å²) in [5, 5.41) is 3.23.